The summed E-state index contributed by atoms with van der Waals surface area (Å²) < 4.78 is 0. The first kappa shape index (κ1) is 16.0. The van der Waals surface area contributed by atoms with E-state index in [-0.39, 0.29) is 0 Å². The lowest BCUT2D eigenvalue weighted by Crippen LogP contribution is -1.84. The Bertz CT molecular complexity index is 375. The molecule has 1 aromatic carbocycles. The maximum Gasteiger partial charge on any atom is 0.0412 e. The molecule has 0 nitrogen and oxygen atoms in total. The molecular weight excluding hydrogens is 228 g/mol. The lowest BCUT2D eigenvalue weighted by molar-refractivity contribution is 0.962. The van der Waals surface area contributed by atoms with Crippen molar-refractivity contribution in [1.29, 1.82) is 0 Å². The number of allylic oxidation sites excluding steroid dienone is 2. The van der Waals surface area contributed by atoms with Crippen molar-refractivity contribution in [3.8, 4) is 0 Å². The van der Waals surface area contributed by atoms with E-state index in [1.54, 1.807) is 0 Å². The largest absolute Gasteiger partial charge is 0.0955 e. The lowest BCUT2D eigenvalue weighted by atomic mass is 10.0. The zero-order valence-electron chi connectivity index (χ0n) is 11.4. The Kier molecular flexibility index (Phi) is 8.53. The van der Waals surface area contributed by atoms with Gasteiger partial charge in [-0.1, -0.05) is 69.2 Å². The molecule has 1 aromatic rings. The Labute approximate surface area is 111 Å². The second kappa shape index (κ2) is 9.07. The second-order valence-electron chi connectivity index (χ2n) is 3.70. The van der Waals surface area contributed by atoms with Gasteiger partial charge in [0.05, 0.1) is 0 Å². The van der Waals surface area contributed by atoms with Crippen molar-refractivity contribution in [3.63, 3.8) is 0 Å². The van der Waals surface area contributed by atoms with Crippen LogP contribution >= 0.6 is 11.6 Å². The van der Waals surface area contributed by atoms with E-state index in [9.17, 15) is 0 Å². The molecule has 0 aliphatic rings. The summed E-state index contributed by atoms with van der Waals surface area (Å²) in [6.07, 6.45) is 6.62. The van der Waals surface area contributed by atoms with Crippen molar-refractivity contribution < 1.29 is 0 Å². The minimum Gasteiger partial charge on any atom is -0.0955 e. The van der Waals surface area contributed by atoms with E-state index in [1.807, 2.05) is 39.0 Å². The summed E-state index contributed by atoms with van der Waals surface area (Å²) in [6, 6.07) is 5.92. The third-order valence-electron chi connectivity index (χ3n) is 2.23. The highest BCUT2D eigenvalue weighted by atomic mass is 35.5. The van der Waals surface area contributed by atoms with Gasteiger partial charge in [0, 0.05) is 5.02 Å². The molecule has 0 aliphatic heterocycles. The smallest absolute Gasteiger partial charge is 0.0412 e. The van der Waals surface area contributed by atoms with Crippen LogP contribution in [0.25, 0.3) is 11.6 Å². The molecule has 0 bridgehead atoms. The van der Waals surface area contributed by atoms with Crippen LogP contribution in [0, 0.1) is 0 Å². The molecular formula is C16H23Cl. The first-order valence-electron chi connectivity index (χ1n) is 6.27. The fourth-order valence-corrected chi connectivity index (χ4v) is 1.59. The van der Waals surface area contributed by atoms with E-state index in [0.29, 0.717) is 0 Å². The molecule has 0 aromatic heterocycles. The van der Waals surface area contributed by atoms with Gasteiger partial charge in [0.25, 0.3) is 0 Å². The van der Waals surface area contributed by atoms with E-state index in [4.69, 9.17) is 11.6 Å². The van der Waals surface area contributed by atoms with Crippen LogP contribution < -0.4 is 0 Å². The Morgan fingerprint density at radius 3 is 2.53 bits per heavy atom. The van der Waals surface area contributed by atoms with Gasteiger partial charge in [0.1, 0.15) is 0 Å². The highest BCUT2D eigenvalue weighted by molar-refractivity contribution is 6.30. The van der Waals surface area contributed by atoms with Crippen molar-refractivity contribution in [2.24, 2.45) is 0 Å². The van der Waals surface area contributed by atoms with Gasteiger partial charge in [0.15, 0.2) is 0 Å². The monoisotopic (exact) mass is 250 g/mol. The molecule has 17 heavy (non-hydrogen) atoms. The number of halogens is 1. The van der Waals surface area contributed by atoms with Crippen LogP contribution in [-0.2, 0) is 0 Å². The Morgan fingerprint density at radius 1 is 1.35 bits per heavy atom. The van der Waals surface area contributed by atoms with E-state index in [2.05, 4.69) is 25.7 Å². The fraction of sp³-hybridized carbons (Fsp3) is 0.375. The number of benzene rings is 1. The summed E-state index contributed by atoms with van der Waals surface area (Å²) in [5.74, 6) is 0. The van der Waals surface area contributed by atoms with E-state index < -0.39 is 0 Å². The predicted molar refractivity (Wildman–Crippen MR) is 81.5 cm³/mol. The minimum atomic E-state index is 0.764. The van der Waals surface area contributed by atoms with Crippen LogP contribution in [0.5, 0.6) is 0 Å². The van der Waals surface area contributed by atoms with Gasteiger partial charge in [-0.05, 0) is 36.6 Å². The minimum absolute atomic E-state index is 0.764. The lowest BCUT2D eigenvalue weighted by Gasteiger charge is -2.05. The van der Waals surface area contributed by atoms with Crippen LogP contribution in [0.3, 0.4) is 0 Å². The Balaban J connectivity index is 0.00000121. The highest BCUT2D eigenvalue weighted by Gasteiger charge is 2.00. The van der Waals surface area contributed by atoms with Gasteiger partial charge in [-0.2, -0.15) is 0 Å². The van der Waals surface area contributed by atoms with E-state index in [0.717, 1.165) is 22.6 Å². The SMILES string of the molecule is C=C(C)c1cc(Cl)ccc1/C=C/CCC.CC. The van der Waals surface area contributed by atoms with Gasteiger partial charge in [0.2, 0.25) is 0 Å². The molecule has 0 fully saturated rings. The Morgan fingerprint density at radius 2 is 2.00 bits per heavy atom. The van der Waals surface area contributed by atoms with Crippen LogP contribution in [0.4, 0.5) is 0 Å². The number of hydrogen-bond donors (Lipinski definition) is 0. The molecule has 0 aliphatic carbocycles. The van der Waals surface area contributed by atoms with Crippen LogP contribution in [0.15, 0.2) is 30.9 Å². The molecule has 94 valence electrons. The Hall–Kier alpha value is -1.01. The van der Waals surface area contributed by atoms with Crippen molar-refractivity contribution in [3.05, 3.63) is 47.0 Å². The molecule has 1 rings (SSSR count). The van der Waals surface area contributed by atoms with Crippen molar-refractivity contribution in [2.45, 2.75) is 40.5 Å². The normalized spacial score (nSPS) is 9.94. The average Bonchev–Trinajstić information content (AvgIpc) is 2.33. The topological polar surface area (TPSA) is 0 Å². The maximum atomic E-state index is 5.96. The number of hydrogen-bond acceptors (Lipinski definition) is 0. The summed E-state index contributed by atoms with van der Waals surface area (Å²) in [7, 11) is 0. The van der Waals surface area contributed by atoms with Gasteiger partial charge in [-0.25, -0.2) is 0 Å². The zero-order valence-corrected chi connectivity index (χ0v) is 12.1. The summed E-state index contributed by atoms with van der Waals surface area (Å²) in [4.78, 5) is 0. The quantitative estimate of drug-likeness (QED) is 0.596. The third kappa shape index (κ3) is 5.74. The molecule has 0 spiro atoms. The first-order chi connectivity index (χ1) is 8.15. The van der Waals surface area contributed by atoms with Crippen molar-refractivity contribution >= 4 is 23.3 Å². The van der Waals surface area contributed by atoms with E-state index >= 15 is 0 Å². The molecule has 0 unspecified atom stereocenters. The molecule has 0 heterocycles. The standard InChI is InChI=1S/C14H17Cl.C2H6/c1-4-5-6-7-12-8-9-13(15)10-14(12)11(2)3;1-2/h6-10H,2,4-5H2,1,3H3;1-2H3/b7-6+;. The number of unbranched alkanes of at least 4 members (excludes halogenated alkanes) is 1. The summed E-state index contributed by atoms with van der Waals surface area (Å²) in [5, 5.41) is 0.764. The average molecular weight is 251 g/mol. The highest BCUT2D eigenvalue weighted by Crippen LogP contribution is 2.23. The molecule has 0 N–H and O–H groups in total. The molecule has 0 amide bonds. The third-order valence-corrected chi connectivity index (χ3v) is 2.46. The molecule has 0 atom stereocenters. The number of rotatable bonds is 4. The molecule has 0 saturated heterocycles. The van der Waals surface area contributed by atoms with Crippen molar-refractivity contribution in [2.75, 3.05) is 0 Å². The summed E-state index contributed by atoms with van der Waals surface area (Å²) in [5.41, 5.74) is 3.38. The predicted octanol–water partition coefficient (Wildman–Crippen LogP) is 6.21. The van der Waals surface area contributed by atoms with Gasteiger partial charge >= 0.3 is 0 Å². The van der Waals surface area contributed by atoms with Crippen LogP contribution in [-0.4, -0.2) is 0 Å². The van der Waals surface area contributed by atoms with E-state index in [1.165, 1.54) is 12.0 Å². The first-order valence-corrected chi connectivity index (χ1v) is 6.65. The molecule has 1 heteroatoms. The maximum absolute atomic E-state index is 5.96. The van der Waals surface area contributed by atoms with Gasteiger partial charge < -0.3 is 0 Å². The van der Waals surface area contributed by atoms with Crippen molar-refractivity contribution in [1.82, 2.24) is 0 Å². The summed E-state index contributed by atoms with van der Waals surface area (Å²) >= 11 is 5.96. The van der Waals surface area contributed by atoms with Gasteiger partial charge in [-0.15, -0.1) is 0 Å². The van der Waals surface area contributed by atoms with Crippen LogP contribution in [0.2, 0.25) is 5.02 Å². The zero-order chi connectivity index (χ0) is 13.3. The molecule has 0 radical (unpaired) electrons. The van der Waals surface area contributed by atoms with Crippen LogP contribution in [0.1, 0.15) is 51.7 Å². The summed E-state index contributed by atoms with van der Waals surface area (Å²) in [6.45, 7) is 12.1. The van der Waals surface area contributed by atoms with Gasteiger partial charge in [-0.3, -0.25) is 0 Å². The second-order valence-corrected chi connectivity index (χ2v) is 4.14. The molecule has 0 saturated carbocycles. The fourth-order valence-electron chi connectivity index (χ4n) is 1.42.